The van der Waals surface area contributed by atoms with Gasteiger partial charge in [0.2, 0.25) is 5.89 Å². The van der Waals surface area contributed by atoms with Crippen molar-refractivity contribution in [2.75, 3.05) is 13.2 Å². The molecule has 10 heteroatoms. The van der Waals surface area contributed by atoms with Crippen LogP contribution in [0.2, 0.25) is 0 Å². The molecule has 2 aromatic heterocycles. The number of hydrogen-bond donors (Lipinski definition) is 2. The van der Waals surface area contributed by atoms with E-state index >= 15 is 0 Å². The number of nitrogens with zero attached hydrogens (tertiary/aromatic N) is 3. The predicted molar refractivity (Wildman–Crippen MR) is 64.1 cm³/mol. The molecular formula is C11H14F3N5O2. The number of aromatic amines is 1. The highest BCUT2D eigenvalue weighted by Gasteiger charge is 2.27. The van der Waals surface area contributed by atoms with Crippen LogP contribution >= 0.6 is 0 Å². The first-order chi connectivity index (χ1) is 9.94. The third kappa shape index (κ3) is 5.16. The number of rotatable bonds is 7. The van der Waals surface area contributed by atoms with Gasteiger partial charge in [-0.3, -0.25) is 0 Å². The highest BCUT2D eigenvalue weighted by molar-refractivity contribution is 5.02. The number of hydrogen-bond acceptors (Lipinski definition) is 6. The van der Waals surface area contributed by atoms with Crippen molar-refractivity contribution in [3.63, 3.8) is 0 Å². The second-order valence-electron chi connectivity index (χ2n) is 4.35. The van der Waals surface area contributed by atoms with Crippen LogP contribution in [0.15, 0.2) is 17.0 Å². The fraction of sp³-hybridized carbons (Fsp3) is 0.545. The average Bonchev–Trinajstić information content (AvgIpc) is 3.04. The van der Waals surface area contributed by atoms with E-state index in [-0.39, 0.29) is 24.7 Å². The zero-order valence-electron chi connectivity index (χ0n) is 10.9. The molecule has 7 nitrogen and oxygen atoms in total. The van der Waals surface area contributed by atoms with E-state index < -0.39 is 18.8 Å². The summed E-state index contributed by atoms with van der Waals surface area (Å²) in [6.07, 6.45) is -0.626. The van der Waals surface area contributed by atoms with Crippen molar-refractivity contribution in [2.24, 2.45) is 5.73 Å². The maximum Gasteiger partial charge on any atom is 0.411 e. The Morgan fingerprint density at radius 2 is 2.24 bits per heavy atom. The van der Waals surface area contributed by atoms with Crippen molar-refractivity contribution in [1.82, 2.24) is 20.1 Å². The normalized spacial score (nSPS) is 13.5. The number of nitrogens with two attached hydrogens (primary N) is 1. The zero-order valence-corrected chi connectivity index (χ0v) is 10.9. The molecule has 0 aliphatic heterocycles. The Morgan fingerprint density at radius 1 is 1.43 bits per heavy atom. The summed E-state index contributed by atoms with van der Waals surface area (Å²) in [6, 6.07) is -0.511. The number of alkyl halides is 3. The molecule has 2 aromatic rings. The van der Waals surface area contributed by atoms with Gasteiger partial charge in [0.1, 0.15) is 6.61 Å². The van der Waals surface area contributed by atoms with Gasteiger partial charge in [-0.25, -0.2) is 4.98 Å². The quantitative estimate of drug-likeness (QED) is 0.744. The third-order valence-electron chi connectivity index (χ3n) is 2.53. The second kappa shape index (κ2) is 6.68. The molecule has 0 fully saturated rings. The summed E-state index contributed by atoms with van der Waals surface area (Å²) in [5.74, 6) is 0.475. The van der Waals surface area contributed by atoms with E-state index in [1.54, 1.807) is 6.20 Å². The van der Waals surface area contributed by atoms with Crippen molar-refractivity contribution >= 4 is 0 Å². The standard InChI is InChI=1S/C11H14F3N5O2/c12-11(13,14)5-20-2-1-9-18-10(21-19-9)8(15)3-7-4-16-6-17-7/h4,6,8H,1-3,5,15H2,(H,16,17). The number of aromatic nitrogens is 4. The number of halogens is 3. The number of H-pyrrole nitrogens is 1. The van der Waals surface area contributed by atoms with E-state index in [9.17, 15) is 13.2 Å². The van der Waals surface area contributed by atoms with E-state index in [0.717, 1.165) is 5.69 Å². The molecule has 1 unspecified atom stereocenters. The Morgan fingerprint density at radius 3 is 2.90 bits per heavy atom. The van der Waals surface area contributed by atoms with Crippen LogP contribution < -0.4 is 5.73 Å². The van der Waals surface area contributed by atoms with Crippen LogP contribution in [0.4, 0.5) is 13.2 Å². The lowest BCUT2D eigenvalue weighted by Crippen LogP contribution is -2.18. The largest absolute Gasteiger partial charge is 0.411 e. The number of nitrogens with one attached hydrogen (secondary N) is 1. The maximum atomic E-state index is 11.9. The second-order valence-corrected chi connectivity index (χ2v) is 4.35. The first kappa shape index (κ1) is 15.4. The molecular weight excluding hydrogens is 291 g/mol. The van der Waals surface area contributed by atoms with Gasteiger partial charge in [-0.1, -0.05) is 5.16 Å². The molecule has 3 N–H and O–H groups in total. The van der Waals surface area contributed by atoms with Crippen molar-refractivity contribution < 1.29 is 22.4 Å². The molecule has 0 spiro atoms. The highest BCUT2D eigenvalue weighted by atomic mass is 19.4. The van der Waals surface area contributed by atoms with Crippen LogP contribution in [0.5, 0.6) is 0 Å². The first-order valence-corrected chi connectivity index (χ1v) is 6.14. The molecule has 1 atom stereocenters. The summed E-state index contributed by atoms with van der Waals surface area (Å²) < 4.78 is 45.1. The van der Waals surface area contributed by atoms with E-state index in [4.69, 9.17) is 10.3 Å². The molecule has 0 saturated carbocycles. The lowest BCUT2D eigenvalue weighted by atomic mass is 10.2. The summed E-state index contributed by atoms with van der Waals surface area (Å²) in [7, 11) is 0. The SMILES string of the molecule is NC(Cc1cnc[nH]1)c1nc(CCOCC(F)(F)F)no1. The Bertz CT molecular complexity index is 540. The summed E-state index contributed by atoms with van der Waals surface area (Å²) in [6.45, 7) is -1.44. The maximum absolute atomic E-state index is 11.9. The van der Waals surface area contributed by atoms with Crippen LogP contribution in [-0.2, 0) is 17.6 Å². The number of imidazole rings is 1. The van der Waals surface area contributed by atoms with Crippen molar-refractivity contribution in [3.05, 3.63) is 29.9 Å². The molecule has 2 rings (SSSR count). The van der Waals surface area contributed by atoms with Gasteiger partial charge in [0, 0.05) is 24.7 Å². The Labute approximate surface area is 117 Å². The zero-order chi connectivity index (χ0) is 15.3. The van der Waals surface area contributed by atoms with Crippen LogP contribution in [0, 0.1) is 0 Å². The van der Waals surface area contributed by atoms with E-state index in [2.05, 4.69) is 24.8 Å². The van der Waals surface area contributed by atoms with E-state index in [1.807, 2.05) is 0 Å². The van der Waals surface area contributed by atoms with Crippen LogP contribution in [0.3, 0.4) is 0 Å². The minimum Gasteiger partial charge on any atom is -0.372 e. The topological polar surface area (TPSA) is 103 Å². The number of ether oxygens (including phenoxy) is 1. The average molecular weight is 305 g/mol. The summed E-state index contributed by atoms with van der Waals surface area (Å²) in [5, 5.41) is 3.65. The molecule has 0 radical (unpaired) electrons. The van der Waals surface area contributed by atoms with Crippen LogP contribution in [-0.4, -0.2) is 39.5 Å². The molecule has 0 aromatic carbocycles. The van der Waals surface area contributed by atoms with E-state index in [1.165, 1.54) is 6.33 Å². The molecule has 116 valence electrons. The lowest BCUT2D eigenvalue weighted by Gasteiger charge is -2.05. The highest BCUT2D eigenvalue weighted by Crippen LogP contribution is 2.15. The molecule has 0 amide bonds. The van der Waals surface area contributed by atoms with Gasteiger partial charge in [0.15, 0.2) is 5.82 Å². The summed E-state index contributed by atoms with van der Waals surface area (Å²) in [5.41, 5.74) is 6.70. The van der Waals surface area contributed by atoms with Crippen LogP contribution in [0.25, 0.3) is 0 Å². The molecule has 0 aliphatic rings. The molecule has 0 aliphatic carbocycles. The molecule has 0 saturated heterocycles. The van der Waals surface area contributed by atoms with Gasteiger partial charge in [-0.05, 0) is 0 Å². The van der Waals surface area contributed by atoms with Crippen molar-refractivity contribution in [3.8, 4) is 0 Å². The summed E-state index contributed by atoms with van der Waals surface area (Å²) >= 11 is 0. The van der Waals surface area contributed by atoms with Gasteiger partial charge < -0.3 is 20.0 Å². The Hall–Kier alpha value is -1.94. The van der Waals surface area contributed by atoms with Crippen molar-refractivity contribution in [1.29, 1.82) is 0 Å². The first-order valence-electron chi connectivity index (χ1n) is 6.14. The van der Waals surface area contributed by atoms with Gasteiger partial charge in [0.05, 0.1) is 19.0 Å². The van der Waals surface area contributed by atoms with E-state index in [0.29, 0.717) is 6.42 Å². The minimum atomic E-state index is -4.34. The summed E-state index contributed by atoms with van der Waals surface area (Å²) in [4.78, 5) is 10.8. The molecule has 2 heterocycles. The van der Waals surface area contributed by atoms with Gasteiger partial charge in [0.25, 0.3) is 0 Å². The van der Waals surface area contributed by atoms with Gasteiger partial charge >= 0.3 is 6.18 Å². The Balaban J connectivity index is 1.78. The Kier molecular flexibility index (Phi) is 4.91. The van der Waals surface area contributed by atoms with Crippen molar-refractivity contribution in [2.45, 2.75) is 25.1 Å². The van der Waals surface area contributed by atoms with Crippen LogP contribution in [0.1, 0.15) is 23.5 Å². The molecule has 0 bridgehead atoms. The third-order valence-corrected chi connectivity index (χ3v) is 2.53. The lowest BCUT2D eigenvalue weighted by molar-refractivity contribution is -0.173. The molecule has 21 heavy (non-hydrogen) atoms. The fourth-order valence-electron chi connectivity index (χ4n) is 1.59. The van der Waals surface area contributed by atoms with Gasteiger partial charge in [-0.15, -0.1) is 0 Å². The van der Waals surface area contributed by atoms with Gasteiger partial charge in [-0.2, -0.15) is 18.2 Å². The smallest absolute Gasteiger partial charge is 0.372 e. The minimum absolute atomic E-state index is 0.121. The fourth-order valence-corrected chi connectivity index (χ4v) is 1.59. The monoisotopic (exact) mass is 305 g/mol. The predicted octanol–water partition coefficient (Wildman–Crippen LogP) is 1.16.